The summed E-state index contributed by atoms with van der Waals surface area (Å²) in [4.78, 5) is 11.5. The monoisotopic (exact) mass is 305 g/mol. The lowest BCUT2D eigenvalue weighted by Crippen LogP contribution is -2.01. The van der Waals surface area contributed by atoms with E-state index in [0.717, 1.165) is 15.6 Å². The van der Waals surface area contributed by atoms with Crippen molar-refractivity contribution >= 4 is 27.6 Å². The Morgan fingerprint density at radius 3 is 2.44 bits per heavy atom. The molecule has 0 fully saturated rings. The second kappa shape index (κ2) is 5.23. The molecule has 0 atom stereocenters. The molecular formula is C14H12BrNO2. The Bertz CT molecular complexity index is 579. The lowest BCUT2D eigenvalue weighted by Gasteiger charge is -2.07. The van der Waals surface area contributed by atoms with Crippen LogP contribution in [0.4, 0.5) is 5.69 Å². The zero-order valence-corrected chi connectivity index (χ0v) is 11.4. The molecule has 0 radical (unpaired) electrons. The second-order valence-electron chi connectivity index (χ2n) is 3.81. The molecule has 2 N–H and O–H groups in total. The number of ether oxygens (including phenoxy) is 1. The van der Waals surface area contributed by atoms with Crippen LogP contribution in [0.3, 0.4) is 0 Å². The molecule has 2 aromatic rings. The van der Waals surface area contributed by atoms with Gasteiger partial charge in [0.1, 0.15) is 0 Å². The van der Waals surface area contributed by atoms with Gasteiger partial charge in [0, 0.05) is 10.2 Å². The average molecular weight is 306 g/mol. The summed E-state index contributed by atoms with van der Waals surface area (Å²) in [5.74, 6) is -0.348. The fourth-order valence-electron chi connectivity index (χ4n) is 1.65. The molecule has 0 amide bonds. The number of carbonyl (C=O) groups is 1. The van der Waals surface area contributed by atoms with Crippen molar-refractivity contribution in [2.75, 3.05) is 12.8 Å². The molecule has 0 bridgehead atoms. The van der Waals surface area contributed by atoms with Crippen LogP contribution in [0.15, 0.2) is 46.9 Å². The minimum absolute atomic E-state index is 0.348. The molecular weight excluding hydrogens is 294 g/mol. The van der Waals surface area contributed by atoms with Crippen LogP contribution in [0.25, 0.3) is 11.1 Å². The molecule has 2 rings (SSSR count). The lowest BCUT2D eigenvalue weighted by molar-refractivity contribution is 0.0601. The molecule has 2 aromatic carbocycles. The van der Waals surface area contributed by atoms with E-state index in [-0.39, 0.29) is 5.97 Å². The van der Waals surface area contributed by atoms with Crippen molar-refractivity contribution in [3.63, 3.8) is 0 Å². The van der Waals surface area contributed by atoms with Gasteiger partial charge >= 0.3 is 5.97 Å². The van der Waals surface area contributed by atoms with E-state index in [2.05, 4.69) is 15.9 Å². The van der Waals surface area contributed by atoms with Crippen molar-refractivity contribution in [3.05, 3.63) is 52.5 Å². The van der Waals surface area contributed by atoms with Gasteiger partial charge in [-0.25, -0.2) is 4.79 Å². The number of hydrogen-bond acceptors (Lipinski definition) is 3. The molecule has 0 aromatic heterocycles. The molecule has 0 aliphatic carbocycles. The third kappa shape index (κ3) is 2.54. The smallest absolute Gasteiger partial charge is 0.337 e. The van der Waals surface area contributed by atoms with Gasteiger partial charge in [0.15, 0.2) is 0 Å². The number of nitrogen functional groups attached to an aromatic ring is 1. The number of nitrogens with two attached hydrogens (primary N) is 1. The molecule has 0 aliphatic heterocycles. The largest absolute Gasteiger partial charge is 0.465 e. The SMILES string of the molecule is COC(=O)c1ccc(Br)c(-c2ccc(N)cc2)c1. The van der Waals surface area contributed by atoms with Gasteiger partial charge in [-0.05, 0) is 41.5 Å². The summed E-state index contributed by atoms with van der Waals surface area (Å²) in [6.45, 7) is 0. The van der Waals surface area contributed by atoms with Gasteiger partial charge in [0.2, 0.25) is 0 Å². The van der Waals surface area contributed by atoms with E-state index in [9.17, 15) is 4.79 Å². The fraction of sp³-hybridized carbons (Fsp3) is 0.0714. The second-order valence-corrected chi connectivity index (χ2v) is 4.66. The minimum atomic E-state index is -0.348. The first-order valence-electron chi connectivity index (χ1n) is 5.35. The molecule has 3 nitrogen and oxygen atoms in total. The Morgan fingerprint density at radius 2 is 1.83 bits per heavy atom. The van der Waals surface area contributed by atoms with E-state index < -0.39 is 0 Å². The van der Waals surface area contributed by atoms with Crippen molar-refractivity contribution in [3.8, 4) is 11.1 Å². The third-order valence-electron chi connectivity index (χ3n) is 2.61. The van der Waals surface area contributed by atoms with Crippen molar-refractivity contribution in [2.45, 2.75) is 0 Å². The van der Waals surface area contributed by atoms with Crippen molar-refractivity contribution in [1.29, 1.82) is 0 Å². The summed E-state index contributed by atoms with van der Waals surface area (Å²) in [5, 5.41) is 0. The topological polar surface area (TPSA) is 52.3 Å². The highest BCUT2D eigenvalue weighted by molar-refractivity contribution is 9.10. The fourth-order valence-corrected chi connectivity index (χ4v) is 2.13. The maximum absolute atomic E-state index is 11.5. The Hall–Kier alpha value is -1.81. The number of benzene rings is 2. The highest BCUT2D eigenvalue weighted by Gasteiger charge is 2.09. The molecule has 0 aliphatic rings. The highest BCUT2D eigenvalue weighted by Crippen LogP contribution is 2.29. The summed E-state index contributed by atoms with van der Waals surface area (Å²) >= 11 is 3.47. The molecule has 18 heavy (non-hydrogen) atoms. The normalized spacial score (nSPS) is 10.1. The van der Waals surface area contributed by atoms with Gasteiger partial charge in [-0.15, -0.1) is 0 Å². The number of rotatable bonds is 2. The quantitative estimate of drug-likeness (QED) is 0.682. The first-order valence-corrected chi connectivity index (χ1v) is 6.15. The van der Waals surface area contributed by atoms with E-state index in [1.807, 2.05) is 30.3 Å². The van der Waals surface area contributed by atoms with Crippen LogP contribution in [-0.4, -0.2) is 13.1 Å². The van der Waals surface area contributed by atoms with Crippen LogP contribution in [0, 0.1) is 0 Å². The first kappa shape index (κ1) is 12.6. The summed E-state index contributed by atoms with van der Waals surface area (Å²) in [6, 6.07) is 12.8. The Kier molecular flexibility index (Phi) is 3.67. The van der Waals surface area contributed by atoms with E-state index in [1.165, 1.54) is 7.11 Å². The summed E-state index contributed by atoms with van der Waals surface area (Å²) in [6.07, 6.45) is 0. The van der Waals surface area contributed by atoms with E-state index >= 15 is 0 Å². The van der Waals surface area contributed by atoms with Gasteiger partial charge in [0.05, 0.1) is 12.7 Å². The molecule has 4 heteroatoms. The Morgan fingerprint density at radius 1 is 1.17 bits per heavy atom. The van der Waals surface area contributed by atoms with Crippen molar-refractivity contribution in [1.82, 2.24) is 0 Å². The van der Waals surface area contributed by atoms with E-state index in [0.29, 0.717) is 11.3 Å². The molecule has 0 heterocycles. The van der Waals surface area contributed by atoms with Crippen LogP contribution >= 0.6 is 15.9 Å². The maximum atomic E-state index is 11.5. The summed E-state index contributed by atoms with van der Waals surface area (Å²) in [7, 11) is 1.37. The molecule has 0 unspecified atom stereocenters. The number of anilines is 1. The standard InChI is InChI=1S/C14H12BrNO2/c1-18-14(17)10-4-7-13(15)12(8-10)9-2-5-11(16)6-3-9/h2-8H,16H2,1H3. The highest BCUT2D eigenvalue weighted by atomic mass is 79.9. The third-order valence-corrected chi connectivity index (χ3v) is 3.30. The summed E-state index contributed by atoms with van der Waals surface area (Å²) < 4.78 is 5.63. The average Bonchev–Trinajstić information content (AvgIpc) is 2.39. The van der Waals surface area contributed by atoms with Gasteiger partial charge < -0.3 is 10.5 Å². The maximum Gasteiger partial charge on any atom is 0.337 e. The number of esters is 1. The molecule has 92 valence electrons. The van der Waals surface area contributed by atoms with Crippen LogP contribution < -0.4 is 5.73 Å². The van der Waals surface area contributed by atoms with Crippen LogP contribution in [-0.2, 0) is 4.74 Å². The zero-order chi connectivity index (χ0) is 13.1. The van der Waals surface area contributed by atoms with E-state index in [1.54, 1.807) is 12.1 Å². The predicted octanol–water partition coefficient (Wildman–Crippen LogP) is 3.48. The lowest BCUT2D eigenvalue weighted by atomic mass is 10.0. The number of carbonyl (C=O) groups excluding carboxylic acids is 1. The van der Waals surface area contributed by atoms with Gasteiger partial charge in [-0.1, -0.05) is 28.1 Å². The minimum Gasteiger partial charge on any atom is -0.465 e. The number of methoxy groups -OCH3 is 1. The van der Waals surface area contributed by atoms with Gasteiger partial charge in [0.25, 0.3) is 0 Å². The zero-order valence-electron chi connectivity index (χ0n) is 9.81. The molecule has 0 spiro atoms. The first-order chi connectivity index (χ1) is 8.61. The predicted molar refractivity (Wildman–Crippen MR) is 75.3 cm³/mol. The molecule has 0 saturated carbocycles. The van der Waals surface area contributed by atoms with Crippen molar-refractivity contribution in [2.24, 2.45) is 0 Å². The van der Waals surface area contributed by atoms with E-state index in [4.69, 9.17) is 10.5 Å². The van der Waals surface area contributed by atoms with Gasteiger partial charge in [-0.3, -0.25) is 0 Å². The Labute approximate surface area is 114 Å². The van der Waals surface area contributed by atoms with Crippen LogP contribution in [0.5, 0.6) is 0 Å². The van der Waals surface area contributed by atoms with Crippen LogP contribution in [0.2, 0.25) is 0 Å². The number of hydrogen-bond donors (Lipinski definition) is 1. The number of halogens is 1. The van der Waals surface area contributed by atoms with Gasteiger partial charge in [-0.2, -0.15) is 0 Å². The van der Waals surface area contributed by atoms with Crippen LogP contribution in [0.1, 0.15) is 10.4 Å². The van der Waals surface area contributed by atoms with Crippen molar-refractivity contribution < 1.29 is 9.53 Å². The summed E-state index contributed by atoms with van der Waals surface area (Å²) in [5.41, 5.74) is 8.80. The Balaban J connectivity index is 2.49. The molecule has 0 saturated heterocycles.